The zero-order chi connectivity index (χ0) is 12.0. The number of hydrogen-bond donors (Lipinski definition) is 1. The Labute approximate surface area is 99.6 Å². The maximum Gasteiger partial charge on any atom is 0.222 e. The lowest BCUT2D eigenvalue weighted by Crippen LogP contribution is -2.45. The van der Waals surface area contributed by atoms with E-state index in [2.05, 4.69) is 26.1 Å². The molecule has 94 valence electrons. The van der Waals surface area contributed by atoms with Crippen LogP contribution in [0.4, 0.5) is 0 Å². The molecule has 0 spiro atoms. The number of nitrogens with one attached hydrogen (secondary N) is 1. The fourth-order valence-electron chi connectivity index (χ4n) is 2.13. The average Bonchev–Trinajstić information content (AvgIpc) is 2.25. The number of carbonyl (C=O) groups excluding carboxylic acids is 1. The second-order valence-electron chi connectivity index (χ2n) is 4.84. The molecule has 0 aromatic heterocycles. The predicted octanol–water partition coefficient (Wildman–Crippen LogP) is 1.88. The zero-order valence-electron chi connectivity index (χ0n) is 11.0. The lowest BCUT2D eigenvalue weighted by atomic mass is 9.97. The highest BCUT2D eigenvalue weighted by molar-refractivity contribution is 5.76. The lowest BCUT2D eigenvalue weighted by Gasteiger charge is -2.31. The summed E-state index contributed by atoms with van der Waals surface area (Å²) in [5.41, 5.74) is 0. The van der Waals surface area contributed by atoms with E-state index in [1.165, 1.54) is 12.8 Å². The van der Waals surface area contributed by atoms with Crippen LogP contribution in [-0.4, -0.2) is 37.0 Å². The van der Waals surface area contributed by atoms with Crippen molar-refractivity contribution in [3.05, 3.63) is 0 Å². The van der Waals surface area contributed by atoms with Gasteiger partial charge in [-0.3, -0.25) is 4.79 Å². The van der Waals surface area contributed by atoms with E-state index >= 15 is 0 Å². The van der Waals surface area contributed by atoms with Gasteiger partial charge in [0.25, 0.3) is 0 Å². The molecule has 1 aliphatic heterocycles. The first kappa shape index (κ1) is 13.5. The standard InChI is InChI=1S/C13H26N2O/c1-4-11(5-2)10-15(6-3)13(16)7-12-8-14-9-12/h11-12,14H,4-10H2,1-3H3. The molecule has 3 heteroatoms. The van der Waals surface area contributed by atoms with Crippen molar-refractivity contribution in [3.63, 3.8) is 0 Å². The lowest BCUT2D eigenvalue weighted by molar-refractivity contribution is -0.133. The predicted molar refractivity (Wildman–Crippen MR) is 67.3 cm³/mol. The molecule has 0 bridgehead atoms. The molecule has 0 radical (unpaired) electrons. The van der Waals surface area contributed by atoms with Gasteiger partial charge in [-0.15, -0.1) is 0 Å². The van der Waals surface area contributed by atoms with Crippen molar-refractivity contribution in [1.29, 1.82) is 0 Å². The molecule has 1 aliphatic rings. The van der Waals surface area contributed by atoms with Crippen LogP contribution in [0, 0.1) is 11.8 Å². The van der Waals surface area contributed by atoms with Crippen molar-refractivity contribution in [1.82, 2.24) is 10.2 Å². The molecule has 0 unspecified atom stereocenters. The second kappa shape index (κ2) is 6.89. The first-order valence-electron chi connectivity index (χ1n) is 6.69. The van der Waals surface area contributed by atoms with E-state index in [9.17, 15) is 4.79 Å². The van der Waals surface area contributed by atoms with Crippen LogP contribution in [0.3, 0.4) is 0 Å². The molecule has 0 aromatic rings. The van der Waals surface area contributed by atoms with Crippen molar-refractivity contribution in [2.75, 3.05) is 26.2 Å². The van der Waals surface area contributed by atoms with Gasteiger partial charge in [0.15, 0.2) is 0 Å². The molecule has 1 fully saturated rings. The Hall–Kier alpha value is -0.570. The summed E-state index contributed by atoms with van der Waals surface area (Å²) in [5, 5.41) is 3.22. The van der Waals surface area contributed by atoms with Crippen molar-refractivity contribution in [2.45, 2.75) is 40.0 Å². The molecule has 0 aliphatic carbocycles. The summed E-state index contributed by atoms with van der Waals surface area (Å²) in [7, 11) is 0. The van der Waals surface area contributed by atoms with Crippen LogP contribution in [0.25, 0.3) is 0 Å². The molecule has 1 N–H and O–H groups in total. The van der Waals surface area contributed by atoms with Gasteiger partial charge in [-0.25, -0.2) is 0 Å². The quantitative estimate of drug-likeness (QED) is 0.719. The highest BCUT2D eigenvalue weighted by Gasteiger charge is 2.23. The monoisotopic (exact) mass is 226 g/mol. The number of carbonyl (C=O) groups is 1. The minimum atomic E-state index is 0.348. The first-order chi connectivity index (χ1) is 7.71. The molecule has 1 saturated heterocycles. The van der Waals surface area contributed by atoms with E-state index in [0.717, 1.165) is 32.6 Å². The molecule has 0 aromatic carbocycles. The number of amides is 1. The third kappa shape index (κ3) is 3.78. The molecule has 1 rings (SSSR count). The van der Waals surface area contributed by atoms with Crippen LogP contribution in [-0.2, 0) is 4.79 Å². The van der Waals surface area contributed by atoms with Crippen LogP contribution < -0.4 is 5.32 Å². The molecule has 16 heavy (non-hydrogen) atoms. The zero-order valence-corrected chi connectivity index (χ0v) is 11.0. The smallest absolute Gasteiger partial charge is 0.222 e. The molecule has 1 heterocycles. The van der Waals surface area contributed by atoms with Gasteiger partial charge in [0, 0.05) is 19.5 Å². The maximum atomic E-state index is 12.0. The first-order valence-corrected chi connectivity index (χ1v) is 6.69. The summed E-state index contributed by atoms with van der Waals surface area (Å²) in [6.07, 6.45) is 3.08. The molecular weight excluding hydrogens is 200 g/mol. The van der Waals surface area contributed by atoms with E-state index in [1.54, 1.807) is 0 Å². The number of hydrogen-bond acceptors (Lipinski definition) is 2. The van der Waals surface area contributed by atoms with Crippen molar-refractivity contribution < 1.29 is 4.79 Å². The minimum absolute atomic E-state index is 0.348. The third-order valence-electron chi connectivity index (χ3n) is 3.70. The normalized spacial score (nSPS) is 16.2. The highest BCUT2D eigenvalue weighted by atomic mass is 16.2. The van der Waals surface area contributed by atoms with Gasteiger partial charge in [-0.1, -0.05) is 26.7 Å². The van der Waals surface area contributed by atoms with Gasteiger partial charge < -0.3 is 10.2 Å². The van der Waals surface area contributed by atoms with E-state index in [1.807, 2.05) is 4.90 Å². The van der Waals surface area contributed by atoms with Gasteiger partial charge in [0.05, 0.1) is 0 Å². The average molecular weight is 226 g/mol. The largest absolute Gasteiger partial charge is 0.343 e. The summed E-state index contributed by atoms with van der Waals surface area (Å²) in [5.74, 6) is 1.60. The van der Waals surface area contributed by atoms with Crippen LogP contribution in [0.2, 0.25) is 0 Å². The third-order valence-corrected chi connectivity index (χ3v) is 3.70. The highest BCUT2D eigenvalue weighted by Crippen LogP contribution is 2.14. The molecule has 0 atom stereocenters. The van der Waals surface area contributed by atoms with Crippen LogP contribution in [0.1, 0.15) is 40.0 Å². The minimum Gasteiger partial charge on any atom is -0.343 e. The van der Waals surface area contributed by atoms with Crippen LogP contribution in [0.15, 0.2) is 0 Å². The van der Waals surface area contributed by atoms with Gasteiger partial charge in [-0.05, 0) is 31.8 Å². The van der Waals surface area contributed by atoms with E-state index in [4.69, 9.17) is 0 Å². The summed E-state index contributed by atoms with van der Waals surface area (Å²) >= 11 is 0. The summed E-state index contributed by atoms with van der Waals surface area (Å²) in [6.45, 7) is 10.4. The Kier molecular flexibility index (Phi) is 5.81. The Balaban J connectivity index is 2.35. The van der Waals surface area contributed by atoms with Crippen molar-refractivity contribution >= 4 is 5.91 Å². The molecule has 0 saturated carbocycles. The summed E-state index contributed by atoms with van der Waals surface area (Å²) in [6, 6.07) is 0. The molecular formula is C13H26N2O. The fraction of sp³-hybridized carbons (Fsp3) is 0.923. The summed E-state index contributed by atoms with van der Waals surface area (Å²) < 4.78 is 0. The maximum absolute atomic E-state index is 12.0. The molecule has 1 amide bonds. The SMILES string of the molecule is CCC(CC)CN(CC)C(=O)CC1CNC1. The van der Waals surface area contributed by atoms with E-state index < -0.39 is 0 Å². The number of rotatable bonds is 7. The van der Waals surface area contributed by atoms with E-state index in [-0.39, 0.29) is 0 Å². The molecule has 3 nitrogen and oxygen atoms in total. The van der Waals surface area contributed by atoms with Crippen molar-refractivity contribution in [3.8, 4) is 0 Å². The fourth-order valence-corrected chi connectivity index (χ4v) is 2.13. The topological polar surface area (TPSA) is 32.3 Å². The van der Waals surface area contributed by atoms with Crippen LogP contribution in [0.5, 0.6) is 0 Å². The Morgan fingerprint density at radius 2 is 1.94 bits per heavy atom. The van der Waals surface area contributed by atoms with E-state index in [0.29, 0.717) is 17.7 Å². The Bertz CT molecular complexity index is 210. The van der Waals surface area contributed by atoms with Crippen LogP contribution >= 0.6 is 0 Å². The summed E-state index contributed by atoms with van der Waals surface area (Å²) in [4.78, 5) is 14.1. The second-order valence-corrected chi connectivity index (χ2v) is 4.84. The Morgan fingerprint density at radius 1 is 1.31 bits per heavy atom. The Morgan fingerprint density at radius 3 is 2.31 bits per heavy atom. The van der Waals surface area contributed by atoms with Gasteiger partial charge in [-0.2, -0.15) is 0 Å². The van der Waals surface area contributed by atoms with Gasteiger partial charge in [0.2, 0.25) is 5.91 Å². The van der Waals surface area contributed by atoms with Gasteiger partial charge >= 0.3 is 0 Å². The number of nitrogens with zero attached hydrogens (tertiary/aromatic N) is 1. The van der Waals surface area contributed by atoms with Crippen molar-refractivity contribution in [2.24, 2.45) is 11.8 Å². The van der Waals surface area contributed by atoms with Gasteiger partial charge in [0.1, 0.15) is 0 Å².